The molecule has 3 heteroatoms. The van der Waals surface area contributed by atoms with Crippen molar-refractivity contribution in [2.75, 3.05) is 0 Å². The van der Waals surface area contributed by atoms with Crippen molar-refractivity contribution < 1.29 is 15.3 Å². The molecule has 0 saturated carbocycles. The highest BCUT2D eigenvalue weighted by atomic mass is 16.3. The molecule has 0 aliphatic rings. The third-order valence-electron chi connectivity index (χ3n) is 3.61. The van der Waals surface area contributed by atoms with Crippen LogP contribution in [0.15, 0.2) is 24.3 Å². The van der Waals surface area contributed by atoms with Crippen LogP contribution in [0.3, 0.4) is 0 Å². The number of hydrogen-bond donors (Lipinski definition) is 3. The van der Waals surface area contributed by atoms with Crippen LogP contribution >= 0.6 is 0 Å². The molecule has 3 N–H and O–H groups in total. The monoisotopic (exact) mass is 272 g/mol. The Morgan fingerprint density at radius 2 is 1.35 bits per heavy atom. The second-order valence-electron chi connectivity index (χ2n) is 5.22. The van der Waals surface area contributed by atoms with Crippen molar-refractivity contribution >= 4 is 0 Å². The van der Waals surface area contributed by atoms with E-state index in [2.05, 4.69) is 0 Å². The smallest absolute Gasteiger partial charge is 0.122 e. The Hall–Kier alpha value is -2.16. The highest BCUT2D eigenvalue weighted by Gasteiger charge is 2.10. The highest BCUT2D eigenvalue weighted by Crippen LogP contribution is 2.31. The minimum atomic E-state index is 0.100. The van der Waals surface area contributed by atoms with E-state index < -0.39 is 0 Å². The Balaban J connectivity index is 2.39. The van der Waals surface area contributed by atoms with Crippen LogP contribution in [-0.2, 0) is 12.8 Å². The maximum absolute atomic E-state index is 9.96. The quantitative estimate of drug-likeness (QED) is 0.800. The summed E-state index contributed by atoms with van der Waals surface area (Å²) in [6, 6.07) is 7.07. The van der Waals surface area contributed by atoms with Crippen LogP contribution in [0, 0.1) is 13.8 Å². The zero-order valence-electron chi connectivity index (χ0n) is 12.1. The van der Waals surface area contributed by atoms with Crippen molar-refractivity contribution in [1.82, 2.24) is 0 Å². The molecule has 0 atom stereocenters. The lowest BCUT2D eigenvalue weighted by Gasteiger charge is -2.11. The maximum Gasteiger partial charge on any atom is 0.122 e. The lowest BCUT2D eigenvalue weighted by Crippen LogP contribution is -1.94. The average molecular weight is 272 g/mol. The first-order valence-electron chi connectivity index (χ1n) is 6.75. The molecular weight excluding hydrogens is 252 g/mol. The second-order valence-corrected chi connectivity index (χ2v) is 5.22. The molecule has 2 aromatic rings. The molecule has 0 spiro atoms. The summed E-state index contributed by atoms with van der Waals surface area (Å²) in [4.78, 5) is 0. The molecule has 0 aromatic heterocycles. The summed E-state index contributed by atoms with van der Waals surface area (Å²) in [6.45, 7) is 5.69. The Morgan fingerprint density at radius 1 is 0.800 bits per heavy atom. The van der Waals surface area contributed by atoms with Gasteiger partial charge in [0.05, 0.1) is 0 Å². The first kappa shape index (κ1) is 14.3. The van der Waals surface area contributed by atoms with E-state index in [-0.39, 0.29) is 11.5 Å². The summed E-state index contributed by atoms with van der Waals surface area (Å²) in [5.74, 6) is 0.549. The zero-order chi connectivity index (χ0) is 14.9. The number of hydrogen-bond acceptors (Lipinski definition) is 3. The molecule has 0 heterocycles. The standard InChI is InChI=1S/C17H20O3/c1-4-13-8-14(16(19)9-15(13)18)7-12-5-10(2)17(20)11(3)6-12/h5-6,8-9,18-20H,4,7H2,1-3H3. The molecule has 0 aliphatic heterocycles. The fourth-order valence-corrected chi connectivity index (χ4v) is 2.47. The van der Waals surface area contributed by atoms with Gasteiger partial charge >= 0.3 is 0 Å². The van der Waals surface area contributed by atoms with Gasteiger partial charge in [-0.3, -0.25) is 0 Å². The molecule has 0 fully saturated rings. The van der Waals surface area contributed by atoms with E-state index in [1.807, 2.05) is 39.0 Å². The van der Waals surface area contributed by atoms with Crippen LogP contribution in [0.5, 0.6) is 17.2 Å². The molecule has 0 bridgehead atoms. The van der Waals surface area contributed by atoms with E-state index in [9.17, 15) is 15.3 Å². The maximum atomic E-state index is 9.96. The highest BCUT2D eigenvalue weighted by molar-refractivity contribution is 5.49. The Labute approximate surface area is 119 Å². The first-order chi connectivity index (χ1) is 9.42. The molecule has 106 valence electrons. The van der Waals surface area contributed by atoms with Crippen molar-refractivity contribution in [1.29, 1.82) is 0 Å². The van der Waals surface area contributed by atoms with E-state index in [4.69, 9.17) is 0 Å². The summed E-state index contributed by atoms with van der Waals surface area (Å²) in [5.41, 5.74) is 4.29. The number of benzene rings is 2. The van der Waals surface area contributed by atoms with E-state index in [1.54, 1.807) is 0 Å². The Kier molecular flexibility index (Phi) is 3.89. The van der Waals surface area contributed by atoms with Crippen molar-refractivity contribution in [3.05, 3.63) is 52.1 Å². The van der Waals surface area contributed by atoms with Crippen molar-refractivity contribution in [2.45, 2.75) is 33.6 Å². The summed E-state index contributed by atoms with van der Waals surface area (Å²) < 4.78 is 0. The normalized spacial score (nSPS) is 10.8. The van der Waals surface area contributed by atoms with Crippen LogP contribution < -0.4 is 0 Å². The number of phenolic OH excluding ortho intramolecular Hbond substituents is 3. The minimum Gasteiger partial charge on any atom is -0.508 e. The van der Waals surface area contributed by atoms with Crippen molar-refractivity contribution in [3.63, 3.8) is 0 Å². The van der Waals surface area contributed by atoms with Gasteiger partial charge in [-0.15, -0.1) is 0 Å². The van der Waals surface area contributed by atoms with E-state index in [0.717, 1.165) is 27.8 Å². The van der Waals surface area contributed by atoms with Gasteiger partial charge in [-0.05, 0) is 54.2 Å². The van der Waals surface area contributed by atoms with Crippen LogP contribution in [0.25, 0.3) is 0 Å². The number of rotatable bonds is 3. The minimum absolute atomic E-state index is 0.100. The SMILES string of the molecule is CCc1cc(Cc2cc(C)c(O)c(C)c2)c(O)cc1O. The van der Waals surface area contributed by atoms with Gasteiger partial charge < -0.3 is 15.3 Å². The third kappa shape index (κ3) is 2.72. The lowest BCUT2D eigenvalue weighted by atomic mass is 9.97. The van der Waals surface area contributed by atoms with Crippen LogP contribution in [0.4, 0.5) is 0 Å². The largest absolute Gasteiger partial charge is 0.508 e. The predicted octanol–water partition coefficient (Wildman–Crippen LogP) is 3.57. The topological polar surface area (TPSA) is 60.7 Å². The van der Waals surface area contributed by atoms with E-state index >= 15 is 0 Å². The zero-order valence-corrected chi connectivity index (χ0v) is 12.1. The summed E-state index contributed by atoms with van der Waals surface area (Å²) in [7, 11) is 0. The van der Waals surface area contributed by atoms with Crippen LogP contribution in [0.1, 0.15) is 34.7 Å². The molecular formula is C17H20O3. The lowest BCUT2D eigenvalue weighted by molar-refractivity contribution is 0.443. The van der Waals surface area contributed by atoms with E-state index in [1.165, 1.54) is 6.07 Å². The van der Waals surface area contributed by atoms with Gasteiger partial charge in [0.15, 0.2) is 0 Å². The molecule has 3 nitrogen and oxygen atoms in total. The molecule has 0 amide bonds. The number of aryl methyl sites for hydroxylation is 3. The van der Waals surface area contributed by atoms with Gasteiger partial charge in [-0.25, -0.2) is 0 Å². The third-order valence-corrected chi connectivity index (χ3v) is 3.61. The van der Waals surface area contributed by atoms with Crippen molar-refractivity contribution in [3.8, 4) is 17.2 Å². The van der Waals surface area contributed by atoms with E-state index in [0.29, 0.717) is 18.6 Å². The van der Waals surface area contributed by atoms with Crippen molar-refractivity contribution in [2.24, 2.45) is 0 Å². The van der Waals surface area contributed by atoms with Crippen LogP contribution in [0.2, 0.25) is 0 Å². The molecule has 2 aromatic carbocycles. The Morgan fingerprint density at radius 3 is 1.90 bits per heavy atom. The molecule has 0 saturated heterocycles. The predicted molar refractivity (Wildman–Crippen MR) is 79.5 cm³/mol. The molecule has 20 heavy (non-hydrogen) atoms. The summed E-state index contributed by atoms with van der Waals surface area (Å²) >= 11 is 0. The number of aromatic hydroxyl groups is 3. The Bertz CT molecular complexity index is 622. The van der Waals surface area contributed by atoms with Gasteiger partial charge in [0.1, 0.15) is 17.2 Å². The van der Waals surface area contributed by atoms with Gasteiger partial charge in [-0.2, -0.15) is 0 Å². The van der Waals surface area contributed by atoms with Crippen LogP contribution in [-0.4, -0.2) is 15.3 Å². The average Bonchev–Trinajstić information content (AvgIpc) is 2.39. The molecule has 2 rings (SSSR count). The van der Waals surface area contributed by atoms with Gasteiger partial charge in [0.2, 0.25) is 0 Å². The number of phenols is 3. The first-order valence-corrected chi connectivity index (χ1v) is 6.75. The van der Waals surface area contributed by atoms with Gasteiger partial charge in [0, 0.05) is 12.5 Å². The molecule has 0 aliphatic carbocycles. The van der Waals surface area contributed by atoms with Gasteiger partial charge in [-0.1, -0.05) is 19.1 Å². The molecule has 0 radical (unpaired) electrons. The summed E-state index contributed by atoms with van der Waals surface area (Å²) in [6.07, 6.45) is 1.29. The molecule has 0 unspecified atom stereocenters. The fraction of sp³-hybridized carbons (Fsp3) is 0.294. The fourth-order valence-electron chi connectivity index (χ4n) is 2.47. The second kappa shape index (κ2) is 5.45. The summed E-state index contributed by atoms with van der Waals surface area (Å²) in [5, 5.41) is 29.5. The van der Waals surface area contributed by atoms with Gasteiger partial charge in [0.25, 0.3) is 0 Å².